The van der Waals surface area contributed by atoms with Crippen molar-refractivity contribution in [2.45, 2.75) is 44.4 Å². The van der Waals surface area contributed by atoms with Crippen LogP contribution >= 0.6 is 0 Å². The Morgan fingerprint density at radius 2 is 1.85 bits per heavy atom. The fraction of sp³-hybridized carbons (Fsp3) is 0.375. The number of rotatable bonds is 6. The van der Waals surface area contributed by atoms with Crippen LogP contribution in [0.15, 0.2) is 58.2 Å². The van der Waals surface area contributed by atoms with Crippen LogP contribution in [0, 0.1) is 0 Å². The van der Waals surface area contributed by atoms with Crippen molar-refractivity contribution in [1.82, 2.24) is 19.2 Å². The van der Waals surface area contributed by atoms with Gasteiger partial charge >= 0.3 is 0 Å². The first kappa shape index (κ1) is 24.1. The number of ether oxygens (including phenoxy) is 1. The number of hydrogen-bond acceptors (Lipinski definition) is 6. The van der Waals surface area contributed by atoms with E-state index in [0.29, 0.717) is 23.3 Å². The third kappa shape index (κ3) is 4.89. The van der Waals surface area contributed by atoms with Gasteiger partial charge in [0.2, 0.25) is 10.0 Å². The number of benzene rings is 2. The number of carbonyl (C=O) groups is 1. The molecule has 0 saturated carbocycles. The van der Waals surface area contributed by atoms with E-state index in [1.165, 1.54) is 21.3 Å². The molecule has 1 amide bonds. The normalized spacial score (nSPS) is 19.3. The second-order valence-corrected chi connectivity index (χ2v) is 10.4. The lowest BCUT2D eigenvalue weighted by Crippen LogP contribution is -2.48. The van der Waals surface area contributed by atoms with Crippen LogP contribution in [0.3, 0.4) is 0 Å². The van der Waals surface area contributed by atoms with E-state index in [9.17, 15) is 18.0 Å². The lowest BCUT2D eigenvalue weighted by atomic mass is 10.2. The van der Waals surface area contributed by atoms with Gasteiger partial charge in [-0.15, -0.1) is 0 Å². The molecule has 1 fully saturated rings. The third-order valence-corrected chi connectivity index (χ3v) is 7.60. The molecule has 3 aromatic rings. The summed E-state index contributed by atoms with van der Waals surface area (Å²) in [4.78, 5) is 34.4. The minimum absolute atomic E-state index is 0.0629. The molecule has 0 unspecified atom stereocenters. The number of nitrogens with one attached hydrogen (secondary N) is 1. The van der Waals surface area contributed by atoms with E-state index in [2.05, 4.69) is 9.97 Å². The Bertz CT molecular complexity index is 1360. The fourth-order valence-corrected chi connectivity index (χ4v) is 5.80. The van der Waals surface area contributed by atoms with E-state index in [4.69, 9.17) is 4.74 Å². The molecule has 4 rings (SSSR count). The topological polar surface area (TPSA) is 113 Å². The van der Waals surface area contributed by atoms with Crippen LogP contribution in [0.1, 0.15) is 37.0 Å². The number of para-hydroxylation sites is 1. The van der Waals surface area contributed by atoms with Crippen LogP contribution in [-0.4, -0.2) is 65.3 Å². The molecular formula is C24H28N4O5S. The Kier molecular flexibility index (Phi) is 6.83. The van der Waals surface area contributed by atoms with Gasteiger partial charge < -0.3 is 14.6 Å². The monoisotopic (exact) mass is 484 g/mol. The van der Waals surface area contributed by atoms with Gasteiger partial charge in [-0.1, -0.05) is 18.2 Å². The molecule has 2 atom stereocenters. The maximum Gasteiger partial charge on any atom is 0.258 e. The predicted octanol–water partition coefficient (Wildman–Crippen LogP) is 2.38. The van der Waals surface area contributed by atoms with Crippen molar-refractivity contribution in [3.63, 3.8) is 0 Å². The molecule has 1 aliphatic rings. The van der Waals surface area contributed by atoms with Crippen molar-refractivity contribution >= 4 is 26.8 Å². The maximum absolute atomic E-state index is 13.3. The third-order valence-electron chi connectivity index (χ3n) is 5.78. The standard InChI is InChI=1S/C24H28N4O5S/c1-4-27(15-22-25-21-11-6-5-10-20(21)23(29)26-22)24(30)18-8-7-9-19(12-18)34(31,32)28-13-16(2)33-17(3)14-28/h5-12,16-17H,4,13-15H2,1-3H3,(H,25,26,29)/t16-,17-/m1/s1. The van der Waals surface area contributed by atoms with E-state index < -0.39 is 10.0 Å². The van der Waals surface area contributed by atoms with Gasteiger partial charge in [0, 0.05) is 25.2 Å². The first-order chi connectivity index (χ1) is 16.2. The maximum atomic E-state index is 13.3. The highest BCUT2D eigenvalue weighted by atomic mass is 32.2. The van der Waals surface area contributed by atoms with Crippen LogP contribution in [0.2, 0.25) is 0 Å². The molecule has 34 heavy (non-hydrogen) atoms. The Labute approximate surface area is 198 Å². The molecule has 9 nitrogen and oxygen atoms in total. The summed E-state index contributed by atoms with van der Waals surface area (Å²) in [6, 6.07) is 13.0. The second-order valence-electron chi connectivity index (χ2n) is 8.46. The van der Waals surface area contributed by atoms with Gasteiger partial charge in [0.15, 0.2) is 0 Å². The zero-order valence-electron chi connectivity index (χ0n) is 19.4. The van der Waals surface area contributed by atoms with Crippen LogP contribution in [-0.2, 0) is 21.3 Å². The Hall–Kier alpha value is -3.08. The highest BCUT2D eigenvalue weighted by molar-refractivity contribution is 7.89. The fourth-order valence-electron chi connectivity index (χ4n) is 4.17. The number of aromatic nitrogens is 2. The summed E-state index contributed by atoms with van der Waals surface area (Å²) in [5.74, 6) is 0.0121. The Balaban J connectivity index is 1.59. The molecular weight excluding hydrogens is 456 g/mol. The zero-order valence-corrected chi connectivity index (χ0v) is 20.2. The average Bonchev–Trinajstić information content (AvgIpc) is 2.81. The highest BCUT2D eigenvalue weighted by Crippen LogP contribution is 2.22. The zero-order chi connectivity index (χ0) is 24.5. The van der Waals surface area contributed by atoms with E-state index in [-0.39, 0.29) is 53.8 Å². The van der Waals surface area contributed by atoms with Crippen molar-refractivity contribution in [2.24, 2.45) is 0 Å². The van der Waals surface area contributed by atoms with Gasteiger partial charge in [-0.05, 0) is 51.1 Å². The number of sulfonamides is 1. The quantitative estimate of drug-likeness (QED) is 0.575. The number of morpholine rings is 1. The van der Waals surface area contributed by atoms with Crippen LogP contribution in [0.4, 0.5) is 0 Å². The van der Waals surface area contributed by atoms with Crippen LogP contribution in [0.5, 0.6) is 0 Å². The summed E-state index contributed by atoms with van der Waals surface area (Å²) in [6.45, 7) is 6.44. The summed E-state index contributed by atoms with van der Waals surface area (Å²) in [6.07, 6.45) is -0.425. The predicted molar refractivity (Wildman–Crippen MR) is 128 cm³/mol. The first-order valence-electron chi connectivity index (χ1n) is 11.2. The molecule has 1 aromatic heterocycles. The summed E-state index contributed by atoms with van der Waals surface area (Å²) in [7, 11) is -3.78. The van der Waals surface area contributed by atoms with Crippen molar-refractivity contribution in [1.29, 1.82) is 0 Å². The largest absolute Gasteiger partial charge is 0.373 e. The van der Waals surface area contributed by atoms with Gasteiger partial charge in [0.1, 0.15) is 5.82 Å². The Morgan fingerprint density at radius 3 is 2.56 bits per heavy atom. The number of carbonyl (C=O) groups excluding carboxylic acids is 1. The molecule has 1 aliphatic heterocycles. The minimum atomic E-state index is -3.78. The van der Waals surface area contributed by atoms with Crippen LogP contribution in [0.25, 0.3) is 10.9 Å². The molecule has 2 heterocycles. The lowest BCUT2D eigenvalue weighted by molar-refractivity contribution is -0.0440. The SMILES string of the molecule is CCN(Cc1nc2ccccc2c(=O)[nH]1)C(=O)c1cccc(S(=O)(=O)N2C[C@@H](C)O[C@H](C)C2)c1. The van der Waals surface area contributed by atoms with Gasteiger partial charge in [-0.3, -0.25) is 9.59 Å². The first-order valence-corrected chi connectivity index (χ1v) is 12.7. The second kappa shape index (κ2) is 9.65. The molecule has 0 radical (unpaired) electrons. The number of aromatic amines is 1. The summed E-state index contributed by atoms with van der Waals surface area (Å²) in [5.41, 5.74) is 0.526. The molecule has 1 saturated heterocycles. The van der Waals surface area contributed by atoms with E-state index in [0.717, 1.165) is 0 Å². The smallest absolute Gasteiger partial charge is 0.258 e. The van der Waals surface area contributed by atoms with Gasteiger partial charge in [-0.25, -0.2) is 13.4 Å². The highest BCUT2D eigenvalue weighted by Gasteiger charge is 2.32. The molecule has 2 aromatic carbocycles. The van der Waals surface area contributed by atoms with Crippen molar-refractivity contribution < 1.29 is 17.9 Å². The molecule has 0 aliphatic carbocycles. The molecule has 0 spiro atoms. The number of hydrogen-bond donors (Lipinski definition) is 1. The molecule has 1 N–H and O–H groups in total. The minimum Gasteiger partial charge on any atom is -0.373 e. The van der Waals surface area contributed by atoms with E-state index >= 15 is 0 Å². The summed E-state index contributed by atoms with van der Waals surface area (Å²) < 4.78 is 33.5. The number of amides is 1. The lowest BCUT2D eigenvalue weighted by Gasteiger charge is -2.34. The van der Waals surface area contributed by atoms with Gasteiger partial charge in [-0.2, -0.15) is 4.31 Å². The van der Waals surface area contributed by atoms with Crippen molar-refractivity contribution in [2.75, 3.05) is 19.6 Å². The summed E-state index contributed by atoms with van der Waals surface area (Å²) >= 11 is 0. The van der Waals surface area contributed by atoms with E-state index in [1.54, 1.807) is 36.4 Å². The molecule has 180 valence electrons. The number of nitrogens with zero attached hydrogens (tertiary/aromatic N) is 3. The molecule has 0 bridgehead atoms. The van der Waals surface area contributed by atoms with Gasteiger partial charge in [0.05, 0.1) is 34.6 Å². The average molecular weight is 485 g/mol. The summed E-state index contributed by atoms with van der Waals surface area (Å²) in [5, 5.41) is 0.477. The molecule has 10 heteroatoms. The van der Waals surface area contributed by atoms with Gasteiger partial charge in [0.25, 0.3) is 11.5 Å². The van der Waals surface area contributed by atoms with Crippen molar-refractivity contribution in [3.05, 3.63) is 70.3 Å². The van der Waals surface area contributed by atoms with Crippen molar-refractivity contribution in [3.8, 4) is 0 Å². The van der Waals surface area contributed by atoms with E-state index in [1.807, 2.05) is 20.8 Å². The number of H-pyrrole nitrogens is 1. The number of fused-ring (bicyclic) bond motifs is 1. The van der Waals surface area contributed by atoms with Crippen LogP contribution < -0.4 is 5.56 Å². The Morgan fingerprint density at radius 1 is 1.15 bits per heavy atom.